The van der Waals surface area contributed by atoms with Crippen LogP contribution in [0.1, 0.15) is 56.3 Å². The first kappa shape index (κ1) is 17.5. The zero-order valence-electron chi connectivity index (χ0n) is 15.4. The second-order valence-electron chi connectivity index (χ2n) is 7.68. The molecule has 1 amide bonds. The predicted molar refractivity (Wildman–Crippen MR) is 98.1 cm³/mol. The van der Waals surface area contributed by atoms with E-state index in [-0.39, 0.29) is 5.91 Å². The van der Waals surface area contributed by atoms with E-state index in [9.17, 15) is 4.79 Å². The SMILES string of the molecule is Cc1ccc(C)n1CCCC(=O)NCC1CCCN2CCCCC12. The lowest BCUT2D eigenvalue weighted by atomic mass is 9.83. The Bertz CT molecular complexity index is 530. The fourth-order valence-corrected chi connectivity index (χ4v) is 4.60. The second kappa shape index (κ2) is 8.19. The molecule has 1 N–H and O–H groups in total. The van der Waals surface area contributed by atoms with Crippen LogP contribution in [0, 0.1) is 19.8 Å². The van der Waals surface area contributed by atoms with E-state index in [1.54, 1.807) is 0 Å². The van der Waals surface area contributed by atoms with Crippen LogP contribution >= 0.6 is 0 Å². The first-order valence-electron chi connectivity index (χ1n) is 9.78. The topological polar surface area (TPSA) is 37.3 Å². The van der Waals surface area contributed by atoms with Gasteiger partial charge in [0.15, 0.2) is 0 Å². The van der Waals surface area contributed by atoms with Gasteiger partial charge in [0.25, 0.3) is 0 Å². The third kappa shape index (κ3) is 4.21. The lowest BCUT2D eigenvalue weighted by Crippen LogP contribution is -2.51. The highest BCUT2D eigenvalue weighted by Crippen LogP contribution is 2.30. The van der Waals surface area contributed by atoms with Gasteiger partial charge in [0.05, 0.1) is 0 Å². The molecule has 0 aliphatic carbocycles. The van der Waals surface area contributed by atoms with Crippen molar-refractivity contribution in [2.75, 3.05) is 19.6 Å². The highest BCUT2D eigenvalue weighted by molar-refractivity contribution is 5.75. The average molecular weight is 332 g/mol. The van der Waals surface area contributed by atoms with Crippen molar-refractivity contribution in [1.82, 2.24) is 14.8 Å². The molecule has 0 aromatic carbocycles. The highest BCUT2D eigenvalue weighted by Gasteiger charge is 2.32. The van der Waals surface area contributed by atoms with Crippen LogP contribution in [0.25, 0.3) is 0 Å². The number of carbonyl (C=O) groups is 1. The van der Waals surface area contributed by atoms with Crippen molar-refractivity contribution in [2.24, 2.45) is 5.92 Å². The van der Waals surface area contributed by atoms with E-state index >= 15 is 0 Å². The van der Waals surface area contributed by atoms with E-state index in [0.29, 0.717) is 12.3 Å². The van der Waals surface area contributed by atoms with Gasteiger partial charge >= 0.3 is 0 Å². The summed E-state index contributed by atoms with van der Waals surface area (Å²) in [5, 5.41) is 3.22. The molecule has 2 aliphatic rings. The molecule has 1 aromatic rings. The van der Waals surface area contributed by atoms with Crippen LogP contribution in [0.15, 0.2) is 12.1 Å². The molecule has 134 valence electrons. The number of nitrogens with one attached hydrogen (secondary N) is 1. The Morgan fingerprint density at radius 1 is 1.12 bits per heavy atom. The van der Waals surface area contributed by atoms with Gasteiger partial charge in [0.2, 0.25) is 5.91 Å². The molecule has 0 radical (unpaired) electrons. The number of hydrogen-bond acceptors (Lipinski definition) is 2. The Morgan fingerprint density at radius 2 is 1.88 bits per heavy atom. The van der Waals surface area contributed by atoms with Crippen molar-refractivity contribution < 1.29 is 4.79 Å². The van der Waals surface area contributed by atoms with E-state index in [2.05, 4.69) is 40.8 Å². The first-order valence-corrected chi connectivity index (χ1v) is 9.78. The van der Waals surface area contributed by atoms with Gasteiger partial charge in [0, 0.05) is 36.9 Å². The molecule has 1 aromatic heterocycles. The van der Waals surface area contributed by atoms with E-state index in [1.165, 1.54) is 56.6 Å². The molecule has 2 saturated heterocycles. The molecule has 2 atom stereocenters. The molecular formula is C20H33N3O. The predicted octanol–water partition coefficient (Wildman–Crippen LogP) is 3.27. The highest BCUT2D eigenvalue weighted by atomic mass is 16.1. The molecule has 2 unspecified atom stereocenters. The number of carbonyl (C=O) groups excluding carboxylic acids is 1. The van der Waals surface area contributed by atoms with Crippen LogP contribution in [-0.2, 0) is 11.3 Å². The minimum atomic E-state index is 0.227. The Labute approximate surface area is 146 Å². The molecular weight excluding hydrogens is 298 g/mol. The summed E-state index contributed by atoms with van der Waals surface area (Å²) < 4.78 is 2.30. The van der Waals surface area contributed by atoms with Crippen molar-refractivity contribution >= 4 is 5.91 Å². The first-order chi connectivity index (χ1) is 11.6. The Balaban J connectivity index is 1.39. The Kier molecular flexibility index (Phi) is 5.99. The fourth-order valence-electron chi connectivity index (χ4n) is 4.60. The largest absolute Gasteiger partial charge is 0.356 e. The maximum atomic E-state index is 12.2. The monoisotopic (exact) mass is 331 g/mol. The number of hydrogen-bond donors (Lipinski definition) is 1. The van der Waals surface area contributed by atoms with E-state index < -0.39 is 0 Å². The second-order valence-corrected chi connectivity index (χ2v) is 7.68. The van der Waals surface area contributed by atoms with Crippen LogP contribution < -0.4 is 5.32 Å². The third-order valence-corrected chi connectivity index (χ3v) is 5.99. The molecule has 0 saturated carbocycles. The van der Waals surface area contributed by atoms with Crippen LogP contribution in [0.2, 0.25) is 0 Å². The van der Waals surface area contributed by atoms with Gasteiger partial charge in [-0.25, -0.2) is 0 Å². The van der Waals surface area contributed by atoms with Gasteiger partial charge in [-0.05, 0) is 77.1 Å². The van der Waals surface area contributed by atoms with E-state index in [1.807, 2.05) is 0 Å². The summed E-state index contributed by atoms with van der Waals surface area (Å²) in [5.41, 5.74) is 2.57. The van der Waals surface area contributed by atoms with Crippen molar-refractivity contribution in [3.05, 3.63) is 23.5 Å². The normalized spacial score (nSPS) is 24.6. The number of fused-ring (bicyclic) bond motifs is 1. The van der Waals surface area contributed by atoms with Crippen LogP contribution in [0.4, 0.5) is 0 Å². The maximum Gasteiger partial charge on any atom is 0.220 e. The van der Waals surface area contributed by atoms with E-state index in [4.69, 9.17) is 0 Å². The van der Waals surface area contributed by atoms with Crippen LogP contribution in [-0.4, -0.2) is 41.1 Å². The minimum Gasteiger partial charge on any atom is -0.356 e. The Morgan fingerprint density at radius 3 is 2.67 bits per heavy atom. The summed E-state index contributed by atoms with van der Waals surface area (Å²) in [6, 6.07) is 5.01. The minimum absolute atomic E-state index is 0.227. The van der Waals surface area contributed by atoms with Gasteiger partial charge in [-0.15, -0.1) is 0 Å². The molecule has 3 heterocycles. The van der Waals surface area contributed by atoms with Gasteiger partial charge in [-0.1, -0.05) is 6.42 Å². The zero-order chi connectivity index (χ0) is 16.9. The average Bonchev–Trinajstić information content (AvgIpc) is 2.92. The smallest absolute Gasteiger partial charge is 0.220 e. The third-order valence-electron chi connectivity index (χ3n) is 5.99. The molecule has 0 bridgehead atoms. The van der Waals surface area contributed by atoms with Crippen molar-refractivity contribution in [3.8, 4) is 0 Å². The van der Waals surface area contributed by atoms with Gasteiger partial charge in [-0.3, -0.25) is 4.79 Å². The van der Waals surface area contributed by atoms with Crippen molar-refractivity contribution in [3.63, 3.8) is 0 Å². The van der Waals surface area contributed by atoms with Gasteiger partial charge < -0.3 is 14.8 Å². The number of nitrogens with zero attached hydrogens (tertiary/aromatic N) is 2. The number of rotatable bonds is 6. The molecule has 0 spiro atoms. The lowest BCUT2D eigenvalue weighted by molar-refractivity contribution is -0.121. The molecule has 2 fully saturated rings. The van der Waals surface area contributed by atoms with Crippen molar-refractivity contribution in [2.45, 2.75) is 71.4 Å². The van der Waals surface area contributed by atoms with Crippen molar-refractivity contribution in [1.29, 1.82) is 0 Å². The number of amides is 1. The van der Waals surface area contributed by atoms with E-state index in [0.717, 1.165) is 25.6 Å². The van der Waals surface area contributed by atoms with Gasteiger partial charge in [0.1, 0.15) is 0 Å². The van der Waals surface area contributed by atoms with Gasteiger partial charge in [-0.2, -0.15) is 0 Å². The number of aromatic nitrogens is 1. The summed E-state index contributed by atoms with van der Waals surface area (Å²) in [6.07, 6.45) is 8.18. The molecule has 4 nitrogen and oxygen atoms in total. The summed E-state index contributed by atoms with van der Waals surface area (Å²) in [6.45, 7) is 8.62. The van der Waals surface area contributed by atoms with Crippen LogP contribution in [0.3, 0.4) is 0 Å². The maximum absolute atomic E-state index is 12.2. The lowest BCUT2D eigenvalue weighted by Gasteiger charge is -2.44. The fraction of sp³-hybridized carbons (Fsp3) is 0.750. The van der Waals surface area contributed by atoms with Crippen LogP contribution in [0.5, 0.6) is 0 Å². The molecule has 2 aliphatic heterocycles. The summed E-state index contributed by atoms with van der Waals surface area (Å²) >= 11 is 0. The molecule has 24 heavy (non-hydrogen) atoms. The number of piperidine rings is 2. The number of aryl methyl sites for hydroxylation is 2. The zero-order valence-corrected chi connectivity index (χ0v) is 15.4. The Hall–Kier alpha value is -1.29. The summed E-state index contributed by atoms with van der Waals surface area (Å²) in [7, 11) is 0. The summed E-state index contributed by atoms with van der Waals surface area (Å²) in [4.78, 5) is 14.9. The summed E-state index contributed by atoms with van der Waals surface area (Å²) in [5.74, 6) is 0.891. The standard InChI is InChI=1S/C20H33N3O/c1-16-10-11-17(2)23(16)14-6-9-20(24)21-15-18-7-5-13-22-12-4-3-8-19(18)22/h10-11,18-19H,3-9,12-15H2,1-2H3,(H,21,24). The quantitative estimate of drug-likeness (QED) is 0.869. The molecule has 3 rings (SSSR count). The molecule has 4 heteroatoms.